The van der Waals surface area contributed by atoms with Crippen LogP contribution in [0.3, 0.4) is 0 Å². The first-order valence-electron chi connectivity index (χ1n) is 11.9. The lowest BCUT2D eigenvalue weighted by Gasteiger charge is -2.29. The van der Waals surface area contributed by atoms with Crippen molar-refractivity contribution in [1.29, 1.82) is 0 Å². The highest BCUT2D eigenvalue weighted by molar-refractivity contribution is 9.08. The van der Waals surface area contributed by atoms with Crippen molar-refractivity contribution in [3.05, 3.63) is 35.4 Å². The molecule has 1 N–H and O–H groups in total. The van der Waals surface area contributed by atoms with E-state index in [2.05, 4.69) is 40.1 Å². The Balaban J connectivity index is 1.51. The lowest BCUT2D eigenvalue weighted by Crippen LogP contribution is -2.39. The summed E-state index contributed by atoms with van der Waals surface area (Å²) >= 11 is 3.44. The van der Waals surface area contributed by atoms with Crippen LogP contribution in [0.4, 0.5) is 0 Å². The maximum Gasteiger partial charge on any atom is 0.251 e. The van der Waals surface area contributed by atoms with E-state index in [-0.39, 0.29) is 11.9 Å². The molecule has 0 aromatic heterocycles. The van der Waals surface area contributed by atoms with E-state index in [1.165, 1.54) is 50.8 Å². The second-order valence-corrected chi connectivity index (χ2v) is 9.28. The predicted molar refractivity (Wildman–Crippen MR) is 129 cm³/mol. The molecule has 1 amide bonds. The fourth-order valence-corrected chi connectivity index (χ4v) is 4.42. The van der Waals surface area contributed by atoms with E-state index in [0.29, 0.717) is 6.10 Å². The summed E-state index contributed by atoms with van der Waals surface area (Å²) in [6.45, 7) is 5.56. The SMILES string of the molecule is CCCCCN(C)CCCCCOC1CCC(NC(=O)c2ccc(CBr)cc2)CC1. The number of rotatable bonds is 14. The molecule has 4 nitrogen and oxygen atoms in total. The molecule has 1 aliphatic rings. The predicted octanol–water partition coefficient (Wildman–Crippen LogP) is 5.93. The zero-order valence-electron chi connectivity index (χ0n) is 19.0. The Morgan fingerprint density at radius 1 is 1.03 bits per heavy atom. The lowest BCUT2D eigenvalue weighted by atomic mass is 9.92. The summed E-state index contributed by atoms with van der Waals surface area (Å²) in [5, 5.41) is 4.01. The number of benzene rings is 1. The van der Waals surface area contributed by atoms with Gasteiger partial charge in [-0.3, -0.25) is 4.79 Å². The number of hydrogen-bond acceptors (Lipinski definition) is 3. The summed E-state index contributed by atoms with van der Waals surface area (Å²) in [6.07, 6.45) is 12.1. The summed E-state index contributed by atoms with van der Waals surface area (Å²) in [5.41, 5.74) is 1.93. The van der Waals surface area contributed by atoms with E-state index in [0.717, 1.165) is 49.6 Å². The van der Waals surface area contributed by atoms with Crippen LogP contribution in [-0.4, -0.2) is 49.7 Å². The Morgan fingerprint density at radius 2 is 1.70 bits per heavy atom. The summed E-state index contributed by atoms with van der Waals surface area (Å²) in [5.74, 6) is 0.0418. The van der Waals surface area contributed by atoms with Crippen molar-refractivity contribution in [3.8, 4) is 0 Å². The maximum atomic E-state index is 12.4. The van der Waals surface area contributed by atoms with Gasteiger partial charge in [0.1, 0.15) is 0 Å². The molecule has 1 aromatic carbocycles. The van der Waals surface area contributed by atoms with Gasteiger partial charge in [0.25, 0.3) is 5.91 Å². The minimum absolute atomic E-state index is 0.0418. The molecule has 1 fully saturated rings. The van der Waals surface area contributed by atoms with Crippen LogP contribution in [-0.2, 0) is 10.1 Å². The van der Waals surface area contributed by atoms with E-state index in [1.54, 1.807) is 0 Å². The smallest absolute Gasteiger partial charge is 0.251 e. The van der Waals surface area contributed by atoms with Crippen molar-refractivity contribution in [3.63, 3.8) is 0 Å². The third-order valence-corrected chi connectivity index (χ3v) is 6.71. The highest BCUT2D eigenvalue weighted by Gasteiger charge is 2.23. The molecule has 0 spiro atoms. The summed E-state index contributed by atoms with van der Waals surface area (Å²) in [7, 11) is 2.24. The number of alkyl halides is 1. The Morgan fingerprint density at radius 3 is 2.33 bits per heavy atom. The quantitative estimate of drug-likeness (QED) is 0.265. The van der Waals surface area contributed by atoms with Crippen LogP contribution >= 0.6 is 15.9 Å². The topological polar surface area (TPSA) is 41.6 Å². The molecule has 30 heavy (non-hydrogen) atoms. The standard InChI is InChI=1S/C25H41BrN2O2/c1-3-4-6-17-28(2)18-7-5-8-19-30-24-15-13-23(14-16-24)27-25(29)22-11-9-21(20-26)10-12-22/h9-12,23-24H,3-8,13-20H2,1-2H3,(H,27,29). The number of carbonyl (C=O) groups is 1. The van der Waals surface area contributed by atoms with E-state index in [4.69, 9.17) is 4.74 Å². The highest BCUT2D eigenvalue weighted by atomic mass is 79.9. The summed E-state index contributed by atoms with van der Waals surface area (Å²) in [4.78, 5) is 14.9. The first kappa shape index (κ1) is 25.4. The molecular weight excluding hydrogens is 440 g/mol. The van der Waals surface area contributed by atoms with Gasteiger partial charge < -0.3 is 15.0 Å². The first-order valence-corrected chi connectivity index (χ1v) is 13.0. The molecule has 0 aliphatic heterocycles. The van der Waals surface area contributed by atoms with Crippen molar-refractivity contribution in [2.75, 3.05) is 26.7 Å². The van der Waals surface area contributed by atoms with Gasteiger partial charge in [0.15, 0.2) is 0 Å². The average molecular weight is 482 g/mol. The van der Waals surface area contributed by atoms with Crippen LogP contribution in [0, 0.1) is 0 Å². The summed E-state index contributed by atoms with van der Waals surface area (Å²) < 4.78 is 6.10. The van der Waals surface area contributed by atoms with E-state index in [1.807, 2.05) is 24.3 Å². The number of halogens is 1. The number of unbranched alkanes of at least 4 members (excludes halogenated alkanes) is 4. The minimum atomic E-state index is 0.0418. The lowest BCUT2D eigenvalue weighted by molar-refractivity contribution is 0.0202. The molecule has 0 unspecified atom stereocenters. The van der Waals surface area contributed by atoms with Crippen LogP contribution in [0.25, 0.3) is 0 Å². The van der Waals surface area contributed by atoms with Gasteiger partial charge >= 0.3 is 0 Å². The third kappa shape index (κ3) is 9.93. The van der Waals surface area contributed by atoms with Crippen molar-refractivity contribution in [1.82, 2.24) is 10.2 Å². The monoisotopic (exact) mass is 480 g/mol. The molecule has 0 radical (unpaired) electrons. The van der Waals surface area contributed by atoms with Gasteiger partial charge in [-0.1, -0.05) is 47.8 Å². The minimum Gasteiger partial charge on any atom is -0.378 e. The molecule has 1 saturated carbocycles. The van der Waals surface area contributed by atoms with E-state index < -0.39 is 0 Å². The van der Waals surface area contributed by atoms with Crippen LogP contribution in [0.2, 0.25) is 0 Å². The molecule has 0 atom stereocenters. The number of ether oxygens (including phenoxy) is 1. The number of amides is 1. The Bertz CT molecular complexity index is 585. The van der Waals surface area contributed by atoms with Gasteiger partial charge in [-0.15, -0.1) is 0 Å². The van der Waals surface area contributed by atoms with Crippen LogP contribution < -0.4 is 5.32 Å². The molecule has 0 heterocycles. The second-order valence-electron chi connectivity index (χ2n) is 8.72. The van der Waals surface area contributed by atoms with Gasteiger partial charge in [-0.25, -0.2) is 0 Å². The van der Waals surface area contributed by atoms with Crippen molar-refractivity contribution in [2.45, 2.75) is 88.6 Å². The van der Waals surface area contributed by atoms with Gasteiger partial charge in [-0.05, 0) is 89.2 Å². The second kappa shape index (κ2) is 15.0. The summed E-state index contributed by atoms with van der Waals surface area (Å²) in [6, 6.07) is 8.09. The molecule has 1 aliphatic carbocycles. The van der Waals surface area contributed by atoms with Gasteiger partial charge in [0.2, 0.25) is 0 Å². The number of nitrogens with one attached hydrogen (secondary N) is 1. The molecule has 170 valence electrons. The van der Waals surface area contributed by atoms with Crippen molar-refractivity contribution >= 4 is 21.8 Å². The Labute approximate surface area is 192 Å². The molecular formula is C25H41BrN2O2. The third-order valence-electron chi connectivity index (χ3n) is 6.06. The normalized spacial score (nSPS) is 19.2. The highest BCUT2D eigenvalue weighted by Crippen LogP contribution is 2.22. The maximum absolute atomic E-state index is 12.4. The fourth-order valence-electron chi connectivity index (χ4n) is 4.04. The molecule has 0 bridgehead atoms. The van der Waals surface area contributed by atoms with Crippen molar-refractivity contribution in [2.24, 2.45) is 0 Å². The van der Waals surface area contributed by atoms with Crippen LogP contribution in [0.5, 0.6) is 0 Å². The molecule has 2 rings (SSSR count). The zero-order valence-corrected chi connectivity index (χ0v) is 20.6. The molecule has 5 heteroatoms. The number of nitrogens with zero attached hydrogens (tertiary/aromatic N) is 1. The van der Waals surface area contributed by atoms with Gasteiger partial charge in [0, 0.05) is 23.5 Å². The fraction of sp³-hybridized carbons (Fsp3) is 0.720. The Kier molecular flexibility index (Phi) is 12.7. The molecule has 0 saturated heterocycles. The van der Waals surface area contributed by atoms with E-state index >= 15 is 0 Å². The first-order chi connectivity index (χ1) is 14.6. The van der Waals surface area contributed by atoms with Crippen LogP contribution in [0.15, 0.2) is 24.3 Å². The molecule has 1 aromatic rings. The average Bonchev–Trinajstić information content (AvgIpc) is 2.77. The van der Waals surface area contributed by atoms with Crippen LogP contribution in [0.1, 0.15) is 87.1 Å². The number of carbonyl (C=O) groups excluding carboxylic acids is 1. The zero-order chi connectivity index (χ0) is 21.6. The van der Waals surface area contributed by atoms with E-state index in [9.17, 15) is 4.79 Å². The number of hydrogen-bond donors (Lipinski definition) is 1. The van der Waals surface area contributed by atoms with Gasteiger partial charge in [-0.2, -0.15) is 0 Å². The van der Waals surface area contributed by atoms with Gasteiger partial charge in [0.05, 0.1) is 6.10 Å². The Hall–Kier alpha value is -0.910. The van der Waals surface area contributed by atoms with Crippen molar-refractivity contribution < 1.29 is 9.53 Å². The largest absolute Gasteiger partial charge is 0.378 e.